The van der Waals surface area contributed by atoms with Crippen LogP contribution in [0.5, 0.6) is 0 Å². The third-order valence-corrected chi connectivity index (χ3v) is 2.56. The van der Waals surface area contributed by atoms with E-state index >= 15 is 0 Å². The van der Waals surface area contributed by atoms with Crippen LogP contribution in [0, 0.1) is 15.9 Å². The van der Waals surface area contributed by atoms with Crippen LogP contribution in [0.2, 0.25) is 0 Å². The van der Waals surface area contributed by atoms with Crippen LogP contribution in [-0.4, -0.2) is 16.0 Å². The maximum atomic E-state index is 13.4. The lowest BCUT2D eigenvalue weighted by molar-refractivity contribution is -0.385. The SMILES string of the molecule is O=C(O)Cc1c(F)cc(CBr)cc1[N+](=O)[O-]. The first-order chi connectivity index (χ1) is 7.45. The molecule has 7 heteroatoms. The Balaban J connectivity index is 3.33. The Morgan fingerprint density at radius 2 is 2.19 bits per heavy atom. The molecule has 86 valence electrons. The summed E-state index contributed by atoms with van der Waals surface area (Å²) in [6, 6.07) is 2.25. The monoisotopic (exact) mass is 291 g/mol. The van der Waals surface area contributed by atoms with Gasteiger partial charge < -0.3 is 5.11 Å². The molecule has 0 unspecified atom stereocenters. The van der Waals surface area contributed by atoms with Crippen LogP contribution in [0.25, 0.3) is 0 Å². The number of halogens is 2. The molecule has 0 aromatic heterocycles. The van der Waals surface area contributed by atoms with Gasteiger partial charge in [0.1, 0.15) is 5.82 Å². The Bertz CT molecular complexity index is 449. The molecule has 0 spiro atoms. The number of benzene rings is 1. The third-order valence-electron chi connectivity index (χ3n) is 1.91. The standard InChI is InChI=1S/C9H7BrFNO4/c10-4-5-1-7(11)6(3-9(13)14)8(2-5)12(15)16/h1-2H,3-4H2,(H,13,14). The molecule has 0 atom stereocenters. The highest BCUT2D eigenvalue weighted by Crippen LogP contribution is 2.25. The van der Waals surface area contributed by atoms with Crippen LogP contribution in [0.15, 0.2) is 12.1 Å². The summed E-state index contributed by atoms with van der Waals surface area (Å²) in [5.74, 6) is -2.18. The van der Waals surface area contributed by atoms with E-state index in [9.17, 15) is 19.3 Å². The Morgan fingerprint density at radius 1 is 1.56 bits per heavy atom. The van der Waals surface area contributed by atoms with Gasteiger partial charge in [-0.25, -0.2) is 4.39 Å². The fourth-order valence-electron chi connectivity index (χ4n) is 1.24. The predicted molar refractivity (Wildman–Crippen MR) is 57.0 cm³/mol. The van der Waals surface area contributed by atoms with Crippen molar-refractivity contribution in [3.05, 3.63) is 39.2 Å². The summed E-state index contributed by atoms with van der Waals surface area (Å²) < 4.78 is 13.4. The van der Waals surface area contributed by atoms with Gasteiger partial charge in [0.15, 0.2) is 0 Å². The minimum atomic E-state index is -1.31. The minimum absolute atomic E-state index is 0.262. The summed E-state index contributed by atoms with van der Waals surface area (Å²) in [6.07, 6.45) is -0.704. The van der Waals surface area contributed by atoms with Crippen molar-refractivity contribution in [2.45, 2.75) is 11.8 Å². The first-order valence-electron chi connectivity index (χ1n) is 4.19. The van der Waals surface area contributed by atoms with Crippen LogP contribution in [0.4, 0.5) is 10.1 Å². The van der Waals surface area contributed by atoms with E-state index in [1.165, 1.54) is 0 Å². The Kier molecular flexibility index (Phi) is 3.94. The topological polar surface area (TPSA) is 80.4 Å². The molecular weight excluding hydrogens is 285 g/mol. The molecule has 1 aromatic carbocycles. The fraction of sp³-hybridized carbons (Fsp3) is 0.222. The minimum Gasteiger partial charge on any atom is -0.481 e. The van der Waals surface area contributed by atoms with E-state index in [4.69, 9.17) is 5.11 Å². The van der Waals surface area contributed by atoms with Crippen LogP contribution in [-0.2, 0) is 16.5 Å². The van der Waals surface area contributed by atoms with E-state index in [1.54, 1.807) is 0 Å². The molecule has 1 rings (SSSR count). The number of carboxylic acids is 1. The van der Waals surface area contributed by atoms with E-state index in [2.05, 4.69) is 15.9 Å². The van der Waals surface area contributed by atoms with Gasteiger partial charge in [-0.15, -0.1) is 0 Å². The fourth-order valence-corrected chi connectivity index (χ4v) is 1.57. The number of carboxylic acid groups (broad SMARTS) is 1. The van der Waals surface area contributed by atoms with Gasteiger partial charge in [-0.3, -0.25) is 14.9 Å². The van der Waals surface area contributed by atoms with Gasteiger partial charge in [0.2, 0.25) is 0 Å². The van der Waals surface area contributed by atoms with Gasteiger partial charge in [0, 0.05) is 11.4 Å². The molecule has 0 aliphatic rings. The first-order valence-corrected chi connectivity index (χ1v) is 5.31. The Hall–Kier alpha value is -1.50. The lowest BCUT2D eigenvalue weighted by Crippen LogP contribution is -2.07. The van der Waals surface area contributed by atoms with Gasteiger partial charge in [0.25, 0.3) is 5.69 Å². The maximum Gasteiger partial charge on any atom is 0.308 e. The average Bonchev–Trinajstić information content (AvgIpc) is 2.19. The van der Waals surface area contributed by atoms with Crippen molar-refractivity contribution >= 4 is 27.6 Å². The summed E-state index contributed by atoms with van der Waals surface area (Å²) in [4.78, 5) is 20.3. The number of nitro benzene ring substituents is 1. The molecule has 1 aromatic rings. The number of hydrogen-bond donors (Lipinski definition) is 1. The quantitative estimate of drug-likeness (QED) is 0.524. The van der Waals surface area contributed by atoms with Gasteiger partial charge in [-0.1, -0.05) is 15.9 Å². The van der Waals surface area contributed by atoms with Crippen molar-refractivity contribution < 1.29 is 19.2 Å². The first kappa shape index (κ1) is 12.6. The molecule has 0 aliphatic heterocycles. The molecule has 0 aliphatic carbocycles. The number of alkyl halides is 1. The molecular formula is C9H7BrFNO4. The van der Waals surface area contributed by atoms with Crippen LogP contribution in [0.3, 0.4) is 0 Å². The number of hydrogen-bond acceptors (Lipinski definition) is 3. The van der Waals surface area contributed by atoms with Crippen molar-refractivity contribution in [1.82, 2.24) is 0 Å². The van der Waals surface area contributed by atoms with Gasteiger partial charge in [0.05, 0.1) is 16.9 Å². The van der Waals surface area contributed by atoms with Crippen molar-refractivity contribution in [2.24, 2.45) is 0 Å². The second kappa shape index (κ2) is 5.02. The van der Waals surface area contributed by atoms with E-state index in [1.807, 2.05) is 0 Å². The Morgan fingerprint density at radius 3 is 2.62 bits per heavy atom. The molecule has 0 amide bonds. The molecule has 0 saturated carbocycles. The lowest BCUT2D eigenvalue weighted by Gasteiger charge is -2.04. The zero-order valence-electron chi connectivity index (χ0n) is 7.94. The second-order valence-electron chi connectivity index (χ2n) is 3.04. The summed E-state index contributed by atoms with van der Waals surface area (Å²) >= 11 is 3.04. The van der Waals surface area contributed by atoms with Gasteiger partial charge in [-0.05, 0) is 11.6 Å². The van der Waals surface area contributed by atoms with E-state index in [0.29, 0.717) is 5.56 Å². The summed E-state index contributed by atoms with van der Waals surface area (Å²) in [6.45, 7) is 0. The largest absolute Gasteiger partial charge is 0.481 e. The molecule has 16 heavy (non-hydrogen) atoms. The molecule has 0 radical (unpaired) electrons. The lowest BCUT2D eigenvalue weighted by atomic mass is 10.1. The van der Waals surface area contributed by atoms with E-state index in [0.717, 1.165) is 12.1 Å². The highest BCUT2D eigenvalue weighted by molar-refractivity contribution is 9.08. The maximum absolute atomic E-state index is 13.4. The highest BCUT2D eigenvalue weighted by Gasteiger charge is 2.21. The van der Waals surface area contributed by atoms with Crippen LogP contribution < -0.4 is 0 Å². The number of nitrogens with zero attached hydrogens (tertiary/aromatic N) is 1. The smallest absolute Gasteiger partial charge is 0.308 e. The second-order valence-corrected chi connectivity index (χ2v) is 3.60. The summed E-state index contributed by atoms with van der Waals surface area (Å²) in [5, 5.41) is 19.4. The zero-order chi connectivity index (χ0) is 12.3. The number of rotatable bonds is 4. The normalized spacial score (nSPS) is 10.1. The van der Waals surface area contributed by atoms with Crippen molar-refractivity contribution in [1.29, 1.82) is 0 Å². The highest BCUT2D eigenvalue weighted by atomic mass is 79.9. The van der Waals surface area contributed by atoms with Crippen molar-refractivity contribution in [3.8, 4) is 0 Å². The third kappa shape index (κ3) is 2.75. The van der Waals surface area contributed by atoms with E-state index < -0.39 is 34.4 Å². The zero-order valence-corrected chi connectivity index (χ0v) is 9.53. The molecule has 0 bridgehead atoms. The van der Waals surface area contributed by atoms with Crippen molar-refractivity contribution in [2.75, 3.05) is 0 Å². The summed E-state index contributed by atoms with van der Waals surface area (Å²) in [7, 11) is 0. The molecule has 0 heterocycles. The van der Waals surface area contributed by atoms with Crippen LogP contribution >= 0.6 is 15.9 Å². The number of carbonyl (C=O) groups is 1. The molecule has 1 N–H and O–H groups in total. The Labute approximate surface area is 98.2 Å². The molecule has 0 fully saturated rings. The molecule has 5 nitrogen and oxygen atoms in total. The molecule has 0 saturated heterocycles. The summed E-state index contributed by atoms with van der Waals surface area (Å²) in [5.41, 5.74) is -0.516. The number of nitro groups is 1. The van der Waals surface area contributed by atoms with Crippen molar-refractivity contribution in [3.63, 3.8) is 0 Å². The van der Waals surface area contributed by atoms with E-state index in [-0.39, 0.29) is 5.33 Å². The number of aliphatic carboxylic acids is 1. The van der Waals surface area contributed by atoms with Crippen LogP contribution in [0.1, 0.15) is 11.1 Å². The average molecular weight is 292 g/mol. The van der Waals surface area contributed by atoms with Gasteiger partial charge in [-0.2, -0.15) is 0 Å². The van der Waals surface area contributed by atoms with Gasteiger partial charge >= 0.3 is 5.97 Å². The predicted octanol–water partition coefficient (Wildman–Crippen LogP) is 2.26.